The maximum atomic E-state index is 12.2. The normalized spacial score (nSPS) is 49.1. The fraction of sp³-hybridized carbons (Fsp3) is 0.957. The van der Waals surface area contributed by atoms with E-state index < -0.39 is 112 Å². The Labute approximate surface area is 222 Å². The third-order valence-electron chi connectivity index (χ3n) is 7.65. The molecule has 1 saturated carbocycles. The van der Waals surface area contributed by atoms with Crippen LogP contribution in [0.15, 0.2) is 0 Å². The molecule has 0 spiro atoms. The first kappa shape index (κ1) is 31.0. The molecule has 0 radical (unpaired) electrons. The van der Waals surface area contributed by atoms with Gasteiger partial charge in [-0.25, -0.2) is 0 Å². The lowest BCUT2D eigenvalue weighted by atomic mass is 9.91. The molecule has 3 heterocycles. The molecular weight excluding hydrogens is 532 g/mol. The molecule has 10 N–H and O–H groups in total. The van der Waals surface area contributed by atoms with E-state index in [1.165, 1.54) is 0 Å². The fourth-order valence-electron chi connectivity index (χ4n) is 5.09. The van der Waals surface area contributed by atoms with E-state index in [4.69, 9.17) is 23.7 Å². The molecule has 0 amide bonds. The molecule has 4 aliphatic rings. The smallest absolute Gasteiger partial charge is 0.187 e. The number of aliphatic hydroxyl groups is 10. The van der Waals surface area contributed by atoms with Gasteiger partial charge in [0.1, 0.15) is 79.0 Å². The summed E-state index contributed by atoms with van der Waals surface area (Å²) in [7, 11) is 0. The van der Waals surface area contributed by atoms with Gasteiger partial charge < -0.3 is 74.7 Å². The molecule has 3 saturated heterocycles. The number of hydrogen-bond acceptors (Lipinski definition) is 16. The van der Waals surface area contributed by atoms with E-state index >= 15 is 0 Å². The predicted octanol–water partition coefficient (Wildman–Crippen LogP) is -6.15. The summed E-state index contributed by atoms with van der Waals surface area (Å²) in [6.45, 7) is -2.25. The van der Waals surface area contributed by atoms with Gasteiger partial charge in [-0.15, -0.1) is 0 Å². The number of hydrogen-bond donors (Lipinski definition) is 10. The van der Waals surface area contributed by atoms with Crippen LogP contribution in [0, 0.1) is 5.92 Å². The van der Waals surface area contributed by atoms with E-state index in [1.807, 2.05) is 0 Å². The van der Waals surface area contributed by atoms with Crippen molar-refractivity contribution in [1.82, 2.24) is 0 Å². The van der Waals surface area contributed by atoms with Gasteiger partial charge in [-0.3, -0.25) is 4.79 Å². The van der Waals surface area contributed by atoms with E-state index in [2.05, 4.69) is 0 Å². The van der Waals surface area contributed by atoms with E-state index in [0.29, 0.717) is 0 Å². The maximum absolute atomic E-state index is 12.2. The third kappa shape index (κ3) is 6.45. The minimum absolute atomic E-state index is 0.111. The lowest BCUT2D eigenvalue weighted by Gasteiger charge is -2.48. The Morgan fingerprint density at radius 3 is 1.51 bits per heavy atom. The number of ether oxygens (including phenoxy) is 5. The van der Waals surface area contributed by atoms with Gasteiger partial charge in [0.05, 0.1) is 25.9 Å². The van der Waals surface area contributed by atoms with Gasteiger partial charge >= 0.3 is 0 Å². The molecule has 1 aliphatic carbocycles. The van der Waals surface area contributed by atoms with Gasteiger partial charge in [-0.2, -0.15) is 0 Å². The largest absolute Gasteiger partial charge is 0.394 e. The highest BCUT2D eigenvalue weighted by Crippen LogP contribution is 2.35. The Hall–Kier alpha value is -0.930. The number of aliphatic hydroxyl groups excluding tert-OH is 10. The highest BCUT2D eigenvalue weighted by atomic mass is 16.7. The van der Waals surface area contributed by atoms with Crippen LogP contribution in [0.3, 0.4) is 0 Å². The second kappa shape index (κ2) is 12.9. The van der Waals surface area contributed by atoms with Crippen molar-refractivity contribution in [3.05, 3.63) is 0 Å². The van der Waals surface area contributed by atoms with Crippen LogP contribution in [0.5, 0.6) is 0 Å². The molecule has 4 rings (SSSR count). The van der Waals surface area contributed by atoms with Crippen LogP contribution in [-0.4, -0.2) is 169 Å². The SMILES string of the molecule is O=C(C[C@@H]1OC(CO)[C@@H](O[C@H]2OC(CO)[C@@H](O[C@H]3OC(CO)[C@@H](O)C(O)[C@@H]3O)C(O)[C@@H]2O)C(O)[C@@H]1O)C1CC1. The van der Waals surface area contributed by atoms with Gasteiger partial charge in [-0.1, -0.05) is 0 Å². The molecule has 16 heteroatoms. The monoisotopic (exact) mass is 570 g/mol. The van der Waals surface area contributed by atoms with E-state index in [-0.39, 0.29) is 18.1 Å². The summed E-state index contributed by atoms with van der Waals surface area (Å²) in [5, 5.41) is 102. The standard InChI is InChI=1S/C23H38O16/c24-4-10-14(29)15(30)18(33)22(36-10)39-21-12(6-26)37-23(19(34)17(21)32)38-20-11(5-25)35-9(13(28)16(20)31)3-8(27)7-1-2-7/h7,9-26,28-34H,1-6H2/t9-,10?,11?,12?,13+,14+,15?,16?,17?,18-,19-,20+,21+,22+,23+/m0/s1. The van der Waals surface area contributed by atoms with Crippen molar-refractivity contribution in [2.75, 3.05) is 19.8 Å². The van der Waals surface area contributed by atoms with E-state index in [1.54, 1.807) is 0 Å². The highest BCUT2D eigenvalue weighted by Gasteiger charge is 2.53. The third-order valence-corrected chi connectivity index (χ3v) is 7.65. The zero-order valence-corrected chi connectivity index (χ0v) is 20.9. The zero-order chi connectivity index (χ0) is 28.6. The minimum atomic E-state index is -1.90. The van der Waals surface area contributed by atoms with Crippen LogP contribution < -0.4 is 0 Å². The Kier molecular flexibility index (Phi) is 10.3. The summed E-state index contributed by atoms with van der Waals surface area (Å²) >= 11 is 0. The lowest BCUT2D eigenvalue weighted by molar-refractivity contribution is -0.372. The summed E-state index contributed by atoms with van der Waals surface area (Å²) in [6, 6.07) is 0. The molecule has 3 aliphatic heterocycles. The van der Waals surface area contributed by atoms with Crippen molar-refractivity contribution in [3.8, 4) is 0 Å². The molecule has 226 valence electrons. The van der Waals surface area contributed by atoms with Gasteiger partial charge in [0, 0.05) is 12.3 Å². The van der Waals surface area contributed by atoms with Crippen molar-refractivity contribution in [2.24, 2.45) is 5.92 Å². The molecule has 0 aromatic carbocycles. The first-order valence-electron chi connectivity index (χ1n) is 12.9. The summed E-state index contributed by atoms with van der Waals surface area (Å²) in [5.41, 5.74) is 0. The quantitative estimate of drug-likeness (QED) is 0.117. The van der Waals surface area contributed by atoms with Crippen LogP contribution >= 0.6 is 0 Å². The van der Waals surface area contributed by atoms with Crippen molar-refractivity contribution in [2.45, 2.75) is 111 Å². The van der Waals surface area contributed by atoms with Crippen LogP contribution in [0.25, 0.3) is 0 Å². The molecule has 0 aromatic heterocycles. The van der Waals surface area contributed by atoms with Crippen molar-refractivity contribution in [1.29, 1.82) is 0 Å². The molecular formula is C23H38O16. The van der Waals surface area contributed by atoms with Crippen LogP contribution in [0.2, 0.25) is 0 Å². The molecule has 0 aromatic rings. The van der Waals surface area contributed by atoms with Crippen LogP contribution in [0.1, 0.15) is 19.3 Å². The Bertz CT molecular complexity index is 807. The Morgan fingerprint density at radius 2 is 1.00 bits per heavy atom. The maximum Gasteiger partial charge on any atom is 0.187 e. The molecule has 39 heavy (non-hydrogen) atoms. The van der Waals surface area contributed by atoms with Gasteiger partial charge in [0.25, 0.3) is 0 Å². The lowest BCUT2D eigenvalue weighted by Crippen LogP contribution is -2.66. The number of carbonyl (C=O) groups excluding carboxylic acids is 1. The summed E-state index contributed by atoms with van der Waals surface area (Å²) in [5.74, 6) is -0.243. The second-order valence-corrected chi connectivity index (χ2v) is 10.4. The summed E-state index contributed by atoms with van der Waals surface area (Å²) in [6.07, 6.45) is -22.6. The topological polar surface area (TPSA) is 266 Å². The van der Waals surface area contributed by atoms with Crippen LogP contribution in [-0.2, 0) is 28.5 Å². The molecule has 15 atom stereocenters. The summed E-state index contributed by atoms with van der Waals surface area (Å²) < 4.78 is 27.5. The minimum Gasteiger partial charge on any atom is -0.394 e. The first-order valence-corrected chi connectivity index (χ1v) is 12.9. The average Bonchev–Trinajstić information content (AvgIpc) is 3.78. The van der Waals surface area contributed by atoms with Gasteiger partial charge in [-0.05, 0) is 12.8 Å². The first-order chi connectivity index (χ1) is 18.5. The van der Waals surface area contributed by atoms with E-state index in [0.717, 1.165) is 12.8 Å². The molecule has 0 bridgehead atoms. The Balaban J connectivity index is 1.42. The number of ketones is 1. The zero-order valence-electron chi connectivity index (χ0n) is 20.9. The number of carbonyl (C=O) groups is 1. The summed E-state index contributed by atoms with van der Waals surface area (Å²) in [4.78, 5) is 12.2. The van der Waals surface area contributed by atoms with Crippen LogP contribution in [0.4, 0.5) is 0 Å². The highest BCUT2D eigenvalue weighted by molar-refractivity contribution is 5.83. The van der Waals surface area contributed by atoms with Gasteiger partial charge in [0.2, 0.25) is 0 Å². The molecule has 4 fully saturated rings. The average molecular weight is 571 g/mol. The van der Waals surface area contributed by atoms with Crippen molar-refractivity contribution in [3.63, 3.8) is 0 Å². The predicted molar refractivity (Wildman–Crippen MR) is 121 cm³/mol. The van der Waals surface area contributed by atoms with Gasteiger partial charge in [0.15, 0.2) is 12.6 Å². The second-order valence-electron chi connectivity index (χ2n) is 10.4. The molecule has 16 nitrogen and oxygen atoms in total. The van der Waals surface area contributed by atoms with Crippen molar-refractivity contribution < 1.29 is 79.5 Å². The molecule has 6 unspecified atom stereocenters. The number of Topliss-reactive ketones (excluding diaryl/α,β-unsaturated/α-hetero) is 1. The van der Waals surface area contributed by atoms with E-state index in [9.17, 15) is 55.9 Å². The fourth-order valence-corrected chi connectivity index (χ4v) is 5.09. The number of rotatable bonds is 10. The Morgan fingerprint density at radius 1 is 0.564 bits per heavy atom. The van der Waals surface area contributed by atoms with Crippen molar-refractivity contribution >= 4 is 5.78 Å².